The van der Waals surface area contributed by atoms with Gasteiger partial charge in [0.1, 0.15) is 0 Å². The summed E-state index contributed by atoms with van der Waals surface area (Å²) in [6.07, 6.45) is 1.86. The summed E-state index contributed by atoms with van der Waals surface area (Å²) >= 11 is 0. The van der Waals surface area contributed by atoms with Gasteiger partial charge < -0.3 is 9.47 Å². The maximum atomic E-state index is 4.63. The van der Waals surface area contributed by atoms with Gasteiger partial charge in [0.25, 0.3) is 0 Å². The molecule has 2 aromatic heterocycles. The molecule has 11 rings (SSSR count). The zero-order chi connectivity index (χ0) is 35.6. The van der Waals surface area contributed by atoms with Gasteiger partial charge in [-0.1, -0.05) is 127 Å². The molecule has 2 heterocycles. The molecule has 0 saturated heterocycles. The average Bonchev–Trinajstić information content (AvgIpc) is 3.59. The quantitative estimate of drug-likeness (QED) is 0.180. The lowest BCUT2D eigenvalue weighted by Crippen LogP contribution is -2.10. The minimum Gasteiger partial charge on any atom is -0.310 e. The Hall–Kier alpha value is -7.23. The number of para-hydroxylation sites is 2. The fourth-order valence-corrected chi connectivity index (χ4v) is 8.46. The molecule has 0 atom stereocenters. The molecule has 0 bridgehead atoms. The van der Waals surface area contributed by atoms with E-state index in [1.54, 1.807) is 0 Å². The molecule has 252 valence electrons. The van der Waals surface area contributed by atoms with Crippen LogP contribution in [-0.4, -0.2) is 9.55 Å². The lowest BCUT2D eigenvalue weighted by Gasteiger charge is -2.28. The third-order valence-corrected chi connectivity index (χ3v) is 10.9. The monoisotopic (exact) mass is 687 g/mol. The van der Waals surface area contributed by atoms with Crippen LogP contribution in [0.2, 0.25) is 0 Å². The Morgan fingerprint density at radius 1 is 0.389 bits per heavy atom. The topological polar surface area (TPSA) is 21.1 Å². The highest BCUT2D eigenvalue weighted by Gasteiger charge is 2.23. The lowest BCUT2D eigenvalue weighted by molar-refractivity contribution is 1.18. The molecule has 0 aliphatic carbocycles. The second kappa shape index (κ2) is 12.2. The van der Waals surface area contributed by atoms with Gasteiger partial charge in [-0.15, -0.1) is 0 Å². The van der Waals surface area contributed by atoms with Crippen molar-refractivity contribution in [2.24, 2.45) is 0 Å². The fourth-order valence-electron chi connectivity index (χ4n) is 8.46. The molecule has 0 unspecified atom stereocenters. The normalized spacial score (nSPS) is 11.7. The number of anilines is 3. The minimum atomic E-state index is 1.00. The predicted molar refractivity (Wildman–Crippen MR) is 229 cm³/mol. The van der Waals surface area contributed by atoms with Crippen LogP contribution >= 0.6 is 0 Å². The number of nitrogens with zero attached hydrogens (tertiary/aromatic N) is 3. The van der Waals surface area contributed by atoms with Gasteiger partial charge in [-0.2, -0.15) is 0 Å². The molecule has 0 spiro atoms. The molecular formula is C51H33N3. The summed E-state index contributed by atoms with van der Waals surface area (Å²) in [6, 6.07) is 70.4. The molecule has 3 heteroatoms. The van der Waals surface area contributed by atoms with Crippen molar-refractivity contribution in [3.8, 4) is 16.8 Å². The first-order chi connectivity index (χ1) is 26.8. The SMILES string of the molecule is c1ccc(N(c2ccc3ccc(-c4ccc5cccnc5c4)cc3c2)c2cc3c(c4ccccc24)c2c4ccccc4ccc2n3-c2ccccc2)cc1. The molecule has 0 radical (unpaired) electrons. The first-order valence-corrected chi connectivity index (χ1v) is 18.5. The van der Waals surface area contributed by atoms with Crippen molar-refractivity contribution in [2.75, 3.05) is 4.90 Å². The molecule has 0 aliphatic rings. The first kappa shape index (κ1) is 30.4. The van der Waals surface area contributed by atoms with Crippen LogP contribution < -0.4 is 4.90 Å². The minimum absolute atomic E-state index is 1.00. The number of benzene rings is 9. The van der Waals surface area contributed by atoms with Gasteiger partial charge in [-0.3, -0.25) is 4.98 Å². The predicted octanol–water partition coefficient (Wildman–Crippen LogP) is 13.9. The van der Waals surface area contributed by atoms with Crippen molar-refractivity contribution >= 4 is 82.1 Å². The van der Waals surface area contributed by atoms with Crippen LogP contribution in [0.3, 0.4) is 0 Å². The Morgan fingerprint density at radius 3 is 1.89 bits per heavy atom. The Bertz CT molecular complexity index is 3220. The summed E-state index contributed by atoms with van der Waals surface area (Å²) in [5.74, 6) is 0. The van der Waals surface area contributed by atoms with E-state index in [4.69, 9.17) is 0 Å². The highest BCUT2D eigenvalue weighted by Crippen LogP contribution is 2.47. The number of hydrogen-bond donors (Lipinski definition) is 0. The van der Waals surface area contributed by atoms with Gasteiger partial charge in [0.15, 0.2) is 0 Å². The van der Waals surface area contributed by atoms with E-state index in [0.717, 1.165) is 39.2 Å². The first-order valence-electron chi connectivity index (χ1n) is 18.5. The zero-order valence-electron chi connectivity index (χ0n) is 29.4. The maximum absolute atomic E-state index is 4.63. The molecule has 0 N–H and O–H groups in total. The molecule has 11 aromatic rings. The highest BCUT2D eigenvalue weighted by molar-refractivity contribution is 6.30. The molecule has 0 aliphatic heterocycles. The van der Waals surface area contributed by atoms with Gasteiger partial charge in [0.2, 0.25) is 0 Å². The Morgan fingerprint density at radius 2 is 1.04 bits per heavy atom. The number of pyridine rings is 1. The second-order valence-corrected chi connectivity index (χ2v) is 14.0. The number of fused-ring (bicyclic) bond motifs is 9. The molecule has 54 heavy (non-hydrogen) atoms. The lowest BCUT2D eigenvalue weighted by atomic mass is 9.97. The van der Waals surface area contributed by atoms with E-state index in [-0.39, 0.29) is 0 Å². The van der Waals surface area contributed by atoms with Crippen LogP contribution in [0.4, 0.5) is 17.1 Å². The molecule has 0 saturated carbocycles. The Labute approximate surface area is 312 Å². The second-order valence-electron chi connectivity index (χ2n) is 14.0. The smallest absolute Gasteiger partial charge is 0.0708 e. The Kier molecular flexibility index (Phi) is 6.86. The third kappa shape index (κ3) is 4.79. The van der Waals surface area contributed by atoms with Gasteiger partial charge in [0.05, 0.1) is 22.2 Å². The largest absolute Gasteiger partial charge is 0.310 e. The molecule has 3 nitrogen and oxygen atoms in total. The number of rotatable bonds is 5. The number of hydrogen-bond acceptors (Lipinski definition) is 2. The van der Waals surface area contributed by atoms with Crippen molar-refractivity contribution in [3.05, 3.63) is 200 Å². The number of aromatic nitrogens is 2. The Balaban J connectivity index is 1.19. The van der Waals surface area contributed by atoms with E-state index in [1.165, 1.54) is 59.7 Å². The summed E-state index contributed by atoms with van der Waals surface area (Å²) < 4.78 is 2.45. The average molecular weight is 688 g/mol. The van der Waals surface area contributed by atoms with E-state index in [1.807, 2.05) is 12.3 Å². The van der Waals surface area contributed by atoms with E-state index in [2.05, 4.69) is 203 Å². The summed E-state index contributed by atoms with van der Waals surface area (Å²) in [5.41, 5.74) is 10.2. The summed E-state index contributed by atoms with van der Waals surface area (Å²) in [7, 11) is 0. The van der Waals surface area contributed by atoms with Gasteiger partial charge >= 0.3 is 0 Å². The summed E-state index contributed by atoms with van der Waals surface area (Å²) in [4.78, 5) is 7.06. The van der Waals surface area contributed by atoms with Crippen molar-refractivity contribution in [1.82, 2.24) is 9.55 Å². The van der Waals surface area contributed by atoms with Crippen LogP contribution in [0.1, 0.15) is 0 Å². The third-order valence-electron chi connectivity index (χ3n) is 10.9. The van der Waals surface area contributed by atoms with Crippen molar-refractivity contribution in [2.45, 2.75) is 0 Å². The van der Waals surface area contributed by atoms with E-state index in [0.29, 0.717) is 0 Å². The van der Waals surface area contributed by atoms with Crippen LogP contribution in [0.25, 0.3) is 81.8 Å². The zero-order valence-corrected chi connectivity index (χ0v) is 29.4. The van der Waals surface area contributed by atoms with Crippen LogP contribution in [0.5, 0.6) is 0 Å². The van der Waals surface area contributed by atoms with E-state index >= 15 is 0 Å². The van der Waals surface area contributed by atoms with Crippen LogP contribution in [0.15, 0.2) is 200 Å². The molecule has 0 amide bonds. The standard InChI is InChI=1S/C51H33N3/c1-3-14-40(15-4-1)53(42-27-25-34-21-23-37(30-39(34)31-42)38-24-22-36-13-11-29-52-46(36)32-38)48-33-49-51(45-20-10-9-19-44(45)48)50-43-18-8-7-12-35(43)26-28-47(50)54(49)41-16-5-2-6-17-41/h1-33H. The molecule has 9 aromatic carbocycles. The van der Waals surface area contributed by atoms with Crippen molar-refractivity contribution < 1.29 is 0 Å². The van der Waals surface area contributed by atoms with Gasteiger partial charge in [-0.25, -0.2) is 0 Å². The van der Waals surface area contributed by atoms with E-state index in [9.17, 15) is 0 Å². The maximum Gasteiger partial charge on any atom is 0.0708 e. The van der Waals surface area contributed by atoms with Crippen molar-refractivity contribution in [3.63, 3.8) is 0 Å². The van der Waals surface area contributed by atoms with Gasteiger partial charge in [0, 0.05) is 44.8 Å². The summed E-state index contributed by atoms with van der Waals surface area (Å²) in [5, 5.41) is 11.0. The highest BCUT2D eigenvalue weighted by atomic mass is 15.1. The van der Waals surface area contributed by atoms with Gasteiger partial charge in [-0.05, 0) is 105 Å². The van der Waals surface area contributed by atoms with Crippen LogP contribution in [-0.2, 0) is 0 Å². The van der Waals surface area contributed by atoms with Crippen LogP contribution in [0, 0.1) is 0 Å². The molecular weight excluding hydrogens is 655 g/mol. The fraction of sp³-hybridized carbons (Fsp3) is 0. The molecule has 0 fully saturated rings. The summed E-state index contributed by atoms with van der Waals surface area (Å²) in [6.45, 7) is 0. The van der Waals surface area contributed by atoms with E-state index < -0.39 is 0 Å². The van der Waals surface area contributed by atoms with Crippen molar-refractivity contribution in [1.29, 1.82) is 0 Å².